The normalized spacial score (nSPS) is 12.6. The molecule has 0 radical (unpaired) electrons. The van der Waals surface area contributed by atoms with E-state index in [0.29, 0.717) is 10.9 Å². The van der Waals surface area contributed by atoms with Crippen molar-refractivity contribution in [1.82, 2.24) is 0 Å². The van der Waals surface area contributed by atoms with Crippen molar-refractivity contribution in [2.24, 2.45) is 0 Å². The van der Waals surface area contributed by atoms with Crippen LogP contribution in [0.2, 0.25) is 0 Å². The highest BCUT2D eigenvalue weighted by molar-refractivity contribution is 9.09. The zero-order chi connectivity index (χ0) is 9.84. The number of aliphatic hydroxyl groups excluding tert-OH is 1. The van der Waals surface area contributed by atoms with Crippen LogP contribution in [0.5, 0.6) is 5.75 Å². The lowest BCUT2D eigenvalue weighted by molar-refractivity contribution is 0.204. The Morgan fingerprint density at radius 1 is 1.62 bits per heavy atom. The number of hydrogen-bond donors (Lipinski definition) is 1. The Kier molecular flexibility index (Phi) is 3.69. The topological polar surface area (TPSA) is 29.5 Å². The largest absolute Gasteiger partial charge is 0.494 e. The highest BCUT2D eigenvalue weighted by Crippen LogP contribution is 2.22. The Morgan fingerprint density at radius 2 is 2.31 bits per heavy atom. The van der Waals surface area contributed by atoms with Crippen molar-refractivity contribution in [3.63, 3.8) is 0 Å². The molecule has 0 saturated carbocycles. The van der Waals surface area contributed by atoms with Crippen LogP contribution in [0.4, 0.5) is 4.39 Å². The number of rotatable bonds is 3. The molecule has 1 N–H and O–H groups in total. The molecule has 0 unspecified atom stereocenters. The molecule has 1 rings (SSSR count). The number of halogens is 2. The Hall–Kier alpha value is -0.610. The molecule has 1 aromatic rings. The average Bonchev–Trinajstić information content (AvgIpc) is 2.16. The summed E-state index contributed by atoms with van der Waals surface area (Å²) < 4.78 is 17.8. The third kappa shape index (κ3) is 2.42. The lowest BCUT2D eigenvalue weighted by atomic mass is 10.1. The van der Waals surface area contributed by atoms with E-state index >= 15 is 0 Å². The number of hydrogen-bond acceptors (Lipinski definition) is 2. The van der Waals surface area contributed by atoms with Crippen molar-refractivity contribution in [2.45, 2.75) is 6.10 Å². The molecule has 0 amide bonds. The number of aliphatic hydroxyl groups is 1. The quantitative estimate of drug-likeness (QED) is 0.832. The molecule has 2 nitrogen and oxygen atoms in total. The van der Waals surface area contributed by atoms with Crippen LogP contribution < -0.4 is 4.74 Å². The summed E-state index contributed by atoms with van der Waals surface area (Å²) in [7, 11) is 1.40. The van der Waals surface area contributed by atoms with Gasteiger partial charge < -0.3 is 9.84 Å². The van der Waals surface area contributed by atoms with Crippen LogP contribution in [0.15, 0.2) is 18.2 Å². The van der Waals surface area contributed by atoms with Crippen LogP contribution in [0.1, 0.15) is 11.7 Å². The fourth-order valence-electron chi connectivity index (χ4n) is 0.979. The Morgan fingerprint density at radius 3 is 2.77 bits per heavy atom. The molecule has 0 aliphatic heterocycles. The molecule has 0 aromatic heterocycles. The van der Waals surface area contributed by atoms with Crippen molar-refractivity contribution in [1.29, 1.82) is 0 Å². The van der Waals surface area contributed by atoms with Crippen LogP contribution in [-0.2, 0) is 0 Å². The molecular weight excluding hydrogens is 239 g/mol. The highest BCUT2D eigenvalue weighted by Gasteiger charge is 2.09. The zero-order valence-corrected chi connectivity index (χ0v) is 8.71. The molecule has 72 valence electrons. The van der Waals surface area contributed by atoms with E-state index in [2.05, 4.69) is 15.9 Å². The van der Waals surface area contributed by atoms with Crippen molar-refractivity contribution in [3.05, 3.63) is 29.6 Å². The predicted molar refractivity (Wildman–Crippen MR) is 51.7 cm³/mol. The minimum atomic E-state index is -0.680. The van der Waals surface area contributed by atoms with E-state index in [0.717, 1.165) is 0 Å². The van der Waals surface area contributed by atoms with E-state index in [1.807, 2.05) is 0 Å². The lowest BCUT2D eigenvalue weighted by Gasteiger charge is -2.08. The Balaban J connectivity index is 2.95. The molecule has 0 heterocycles. The Bertz CT molecular complexity index is 291. The fraction of sp³-hybridized carbons (Fsp3) is 0.333. The summed E-state index contributed by atoms with van der Waals surface area (Å²) in [5.41, 5.74) is 0.537. The maximum absolute atomic E-state index is 13.1. The van der Waals surface area contributed by atoms with Gasteiger partial charge in [-0.1, -0.05) is 22.0 Å². The molecule has 1 aromatic carbocycles. The van der Waals surface area contributed by atoms with Crippen molar-refractivity contribution in [2.75, 3.05) is 12.4 Å². The first-order valence-electron chi connectivity index (χ1n) is 3.76. The number of methoxy groups -OCH3 is 1. The smallest absolute Gasteiger partial charge is 0.165 e. The van der Waals surface area contributed by atoms with E-state index < -0.39 is 11.9 Å². The van der Waals surface area contributed by atoms with Crippen molar-refractivity contribution >= 4 is 15.9 Å². The number of ether oxygens (including phenoxy) is 1. The van der Waals surface area contributed by atoms with Gasteiger partial charge >= 0.3 is 0 Å². The van der Waals surface area contributed by atoms with Gasteiger partial charge in [0.15, 0.2) is 11.6 Å². The first-order chi connectivity index (χ1) is 6.19. The fourth-order valence-corrected chi connectivity index (χ4v) is 1.35. The van der Waals surface area contributed by atoms with Gasteiger partial charge in [0.2, 0.25) is 0 Å². The first kappa shape index (κ1) is 10.5. The van der Waals surface area contributed by atoms with Crippen molar-refractivity contribution in [3.8, 4) is 5.75 Å². The molecule has 13 heavy (non-hydrogen) atoms. The second kappa shape index (κ2) is 4.58. The first-order valence-corrected chi connectivity index (χ1v) is 4.88. The second-order valence-electron chi connectivity index (χ2n) is 2.56. The molecule has 0 saturated heterocycles. The molecule has 0 spiro atoms. The standard InChI is InChI=1S/C9H10BrFO2/c1-13-9-3-2-6(4-7(9)11)8(12)5-10/h2-4,8,12H,5H2,1H3/t8-/m1/s1. The maximum Gasteiger partial charge on any atom is 0.165 e. The van der Waals surface area contributed by atoms with Crippen LogP contribution in [0.3, 0.4) is 0 Å². The molecule has 0 aliphatic rings. The highest BCUT2D eigenvalue weighted by atomic mass is 79.9. The van der Waals surface area contributed by atoms with Gasteiger partial charge in [0.05, 0.1) is 13.2 Å². The number of benzene rings is 1. The van der Waals surface area contributed by atoms with Crippen LogP contribution in [-0.4, -0.2) is 17.5 Å². The summed E-state index contributed by atoms with van der Waals surface area (Å²) >= 11 is 3.11. The minimum absolute atomic E-state index is 0.186. The van der Waals surface area contributed by atoms with Gasteiger partial charge in [0.1, 0.15) is 0 Å². The molecule has 0 aliphatic carbocycles. The molecular formula is C9H10BrFO2. The van der Waals surface area contributed by atoms with E-state index in [4.69, 9.17) is 4.74 Å². The van der Waals surface area contributed by atoms with E-state index in [1.165, 1.54) is 19.2 Å². The molecule has 0 bridgehead atoms. The van der Waals surface area contributed by atoms with E-state index in [-0.39, 0.29) is 5.75 Å². The van der Waals surface area contributed by atoms with Gasteiger partial charge in [0, 0.05) is 5.33 Å². The van der Waals surface area contributed by atoms with Gasteiger partial charge in [-0.25, -0.2) is 4.39 Å². The van der Waals surface area contributed by atoms with Crippen LogP contribution in [0.25, 0.3) is 0 Å². The molecule has 1 atom stereocenters. The zero-order valence-electron chi connectivity index (χ0n) is 7.13. The summed E-state index contributed by atoms with van der Waals surface area (Å²) in [5.74, 6) is -0.273. The lowest BCUT2D eigenvalue weighted by Crippen LogP contribution is -1.99. The molecule has 0 fully saturated rings. The predicted octanol–water partition coefficient (Wildman–Crippen LogP) is 2.26. The summed E-state index contributed by atoms with van der Waals surface area (Å²) in [6.45, 7) is 0. The third-order valence-electron chi connectivity index (χ3n) is 1.71. The van der Waals surface area contributed by atoms with Gasteiger partial charge in [-0.15, -0.1) is 0 Å². The summed E-state index contributed by atoms with van der Waals surface area (Å²) in [6, 6.07) is 4.40. The minimum Gasteiger partial charge on any atom is -0.494 e. The SMILES string of the molecule is COc1ccc([C@H](O)CBr)cc1F. The van der Waals surface area contributed by atoms with Crippen molar-refractivity contribution < 1.29 is 14.2 Å². The monoisotopic (exact) mass is 248 g/mol. The summed E-state index contributed by atoms with van der Waals surface area (Å²) in [6.07, 6.45) is -0.680. The molecule has 4 heteroatoms. The van der Waals surface area contributed by atoms with Gasteiger partial charge in [0.25, 0.3) is 0 Å². The van der Waals surface area contributed by atoms with Crippen LogP contribution in [0, 0.1) is 5.82 Å². The second-order valence-corrected chi connectivity index (χ2v) is 3.21. The summed E-state index contributed by atoms with van der Waals surface area (Å²) in [4.78, 5) is 0. The van der Waals surface area contributed by atoms with Gasteiger partial charge in [-0.3, -0.25) is 0 Å². The van der Waals surface area contributed by atoms with E-state index in [9.17, 15) is 9.50 Å². The van der Waals surface area contributed by atoms with Gasteiger partial charge in [-0.2, -0.15) is 0 Å². The van der Waals surface area contributed by atoms with Crippen LogP contribution >= 0.6 is 15.9 Å². The maximum atomic E-state index is 13.1. The number of alkyl halides is 1. The van der Waals surface area contributed by atoms with Gasteiger partial charge in [-0.05, 0) is 17.7 Å². The summed E-state index contributed by atoms with van der Waals surface area (Å²) in [5, 5.41) is 9.75. The van der Waals surface area contributed by atoms with E-state index in [1.54, 1.807) is 6.07 Å². The third-order valence-corrected chi connectivity index (χ3v) is 2.32. The average molecular weight is 249 g/mol. The Labute approximate surface area is 84.5 Å².